The van der Waals surface area contributed by atoms with Crippen molar-refractivity contribution in [1.82, 2.24) is 19.2 Å². The second-order valence-electron chi connectivity index (χ2n) is 4.11. The summed E-state index contributed by atoms with van der Waals surface area (Å²) in [7, 11) is -3.31. The highest BCUT2D eigenvalue weighted by Crippen LogP contribution is 2.05. The van der Waals surface area contributed by atoms with Gasteiger partial charge < -0.3 is 0 Å². The van der Waals surface area contributed by atoms with Gasteiger partial charge in [-0.3, -0.25) is 5.10 Å². The van der Waals surface area contributed by atoms with E-state index in [-0.39, 0.29) is 0 Å². The Morgan fingerprint density at radius 3 is 2.56 bits per heavy atom. The molecule has 0 saturated heterocycles. The molecule has 0 aliphatic carbocycles. The molecule has 7 heteroatoms. The van der Waals surface area contributed by atoms with Gasteiger partial charge in [0.2, 0.25) is 0 Å². The molecule has 1 rings (SSSR count). The second-order valence-corrected chi connectivity index (χ2v) is 5.86. The lowest BCUT2D eigenvalue weighted by atomic mass is 10.1. The van der Waals surface area contributed by atoms with Gasteiger partial charge in [0.05, 0.1) is 6.20 Å². The van der Waals surface area contributed by atoms with Crippen LogP contribution < -0.4 is 4.72 Å². The maximum absolute atomic E-state index is 11.8. The summed E-state index contributed by atoms with van der Waals surface area (Å²) in [5.74, 6) is 0. The third-order valence-corrected chi connectivity index (χ3v) is 4.65. The van der Waals surface area contributed by atoms with Crippen molar-refractivity contribution in [3.05, 3.63) is 17.5 Å². The minimum atomic E-state index is -3.31. The van der Waals surface area contributed by atoms with Crippen LogP contribution in [0.2, 0.25) is 0 Å². The van der Waals surface area contributed by atoms with Gasteiger partial charge in [0.25, 0.3) is 10.2 Å². The molecule has 6 nitrogen and oxygen atoms in total. The Labute approximate surface area is 109 Å². The largest absolute Gasteiger partial charge is 0.283 e. The van der Waals surface area contributed by atoms with Crippen LogP contribution in [0.15, 0.2) is 6.20 Å². The zero-order chi connectivity index (χ0) is 13.6. The Morgan fingerprint density at radius 2 is 2.06 bits per heavy atom. The Morgan fingerprint density at radius 1 is 1.39 bits per heavy atom. The molecule has 1 aromatic rings. The van der Waals surface area contributed by atoms with Crippen molar-refractivity contribution in [2.75, 3.05) is 19.6 Å². The molecule has 2 N–H and O–H groups in total. The Balaban J connectivity index is 2.36. The van der Waals surface area contributed by atoms with Crippen molar-refractivity contribution in [2.45, 2.75) is 33.6 Å². The van der Waals surface area contributed by atoms with E-state index >= 15 is 0 Å². The summed E-state index contributed by atoms with van der Waals surface area (Å²) in [4.78, 5) is 0. The molecule has 0 aliphatic heterocycles. The molecule has 0 spiro atoms. The molecule has 0 atom stereocenters. The topological polar surface area (TPSA) is 78.1 Å². The number of aromatic nitrogens is 2. The minimum absolute atomic E-state index is 0.448. The number of hydrogen-bond donors (Lipinski definition) is 2. The molecule has 0 fully saturated rings. The fourth-order valence-electron chi connectivity index (χ4n) is 1.76. The van der Waals surface area contributed by atoms with E-state index in [0.717, 1.165) is 24.1 Å². The van der Waals surface area contributed by atoms with Gasteiger partial charge in [-0.15, -0.1) is 0 Å². The molecule has 18 heavy (non-hydrogen) atoms. The van der Waals surface area contributed by atoms with Crippen molar-refractivity contribution in [1.29, 1.82) is 0 Å². The van der Waals surface area contributed by atoms with E-state index in [1.165, 1.54) is 4.31 Å². The average molecular weight is 274 g/mol. The summed E-state index contributed by atoms with van der Waals surface area (Å²) in [6.07, 6.45) is 3.37. The van der Waals surface area contributed by atoms with Crippen LogP contribution in [0.1, 0.15) is 31.5 Å². The van der Waals surface area contributed by atoms with E-state index in [9.17, 15) is 8.42 Å². The summed E-state index contributed by atoms with van der Waals surface area (Å²) in [6.45, 7) is 7.06. The Bertz CT molecular complexity index is 451. The lowest BCUT2D eigenvalue weighted by molar-refractivity contribution is 0.434. The first-order chi connectivity index (χ1) is 8.51. The molecule has 0 bridgehead atoms. The van der Waals surface area contributed by atoms with Gasteiger partial charge in [-0.05, 0) is 25.3 Å². The van der Waals surface area contributed by atoms with Crippen LogP contribution in [0.3, 0.4) is 0 Å². The molecular weight excluding hydrogens is 252 g/mol. The fraction of sp³-hybridized carbons (Fsp3) is 0.727. The molecule has 0 aromatic carbocycles. The van der Waals surface area contributed by atoms with E-state index in [0.29, 0.717) is 19.6 Å². The number of hydrogen-bond acceptors (Lipinski definition) is 3. The predicted octanol–water partition coefficient (Wildman–Crippen LogP) is 0.827. The van der Waals surface area contributed by atoms with Crippen molar-refractivity contribution >= 4 is 10.2 Å². The van der Waals surface area contributed by atoms with Crippen LogP contribution in [0.25, 0.3) is 0 Å². The van der Waals surface area contributed by atoms with Gasteiger partial charge >= 0.3 is 0 Å². The maximum Gasteiger partial charge on any atom is 0.279 e. The highest BCUT2D eigenvalue weighted by atomic mass is 32.2. The summed E-state index contributed by atoms with van der Waals surface area (Å²) in [6, 6.07) is 0. The average Bonchev–Trinajstić information content (AvgIpc) is 2.72. The van der Waals surface area contributed by atoms with E-state index < -0.39 is 10.2 Å². The minimum Gasteiger partial charge on any atom is -0.283 e. The van der Waals surface area contributed by atoms with Gasteiger partial charge in [-0.1, -0.05) is 13.8 Å². The molecular formula is C11H22N4O2S. The molecule has 1 aromatic heterocycles. The smallest absolute Gasteiger partial charge is 0.279 e. The van der Waals surface area contributed by atoms with Crippen molar-refractivity contribution in [2.24, 2.45) is 0 Å². The predicted molar refractivity (Wildman–Crippen MR) is 71.5 cm³/mol. The number of aromatic amines is 1. The summed E-state index contributed by atoms with van der Waals surface area (Å²) < 4.78 is 27.7. The molecule has 0 saturated carbocycles. The highest BCUT2D eigenvalue weighted by molar-refractivity contribution is 7.87. The summed E-state index contributed by atoms with van der Waals surface area (Å²) in [5, 5.41) is 6.80. The second kappa shape index (κ2) is 6.86. The zero-order valence-electron chi connectivity index (χ0n) is 11.2. The maximum atomic E-state index is 11.8. The van der Waals surface area contributed by atoms with Crippen LogP contribution in [0.5, 0.6) is 0 Å². The van der Waals surface area contributed by atoms with E-state index in [1.54, 1.807) is 6.20 Å². The van der Waals surface area contributed by atoms with Crippen LogP contribution in [0, 0.1) is 6.92 Å². The normalized spacial score (nSPS) is 12.2. The van der Waals surface area contributed by atoms with Crippen LogP contribution in [-0.2, 0) is 16.6 Å². The van der Waals surface area contributed by atoms with Gasteiger partial charge in [-0.25, -0.2) is 4.72 Å². The summed E-state index contributed by atoms with van der Waals surface area (Å²) in [5.41, 5.74) is 2.18. The van der Waals surface area contributed by atoms with Crippen LogP contribution in [0.4, 0.5) is 0 Å². The third kappa shape index (κ3) is 4.08. The summed E-state index contributed by atoms with van der Waals surface area (Å²) >= 11 is 0. The molecule has 0 aliphatic rings. The Hall–Kier alpha value is -0.920. The van der Waals surface area contributed by atoms with Crippen LogP contribution in [-0.4, -0.2) is 42.6 Å². The molecule has 104 valence electrons. The van der Waals surface area contributed by atoms with Crippen molar-refractivity contribution in [3.63, 3.8) is 0 Å². The van der Waals surface area contributed by atoms with Crippen LogP contribution >= 0.6 is 0 Å². The van der Waals surface area contributed by atoms with Gasteiger partial charge in [0.1, 0.15) is 0 Å². The van der Waals surface area contributed by atoms with Gasteiger partial charge in [-0.2, -0.15) is 17.8 Å². The standard InChI is InChI=1S/C11H22N4O2S/c1-4-15(5-2)18(16,17)13-8-6-7-11-9-12-14-10(11)3/h9,13H,4-8H2,1-3H3,(H,12,14). The number of rotatable bonds is 8. The first kappa shape index (κ1) is 15.1. The monoisotopic (exact) mass is 274 g/mol. The highest BCUT2D eigenvalue weighted by Gasteiger charge is 2.17. The quantitative estimate of drug-likeness (QED) is 0.689. The first-order valence-electron chi connectivity index (χ1n) is 6.24. The SMILES string of the molecule is CCN(CC)S(=O)(=O)NCCCc1cn[nH]c1C. The van der Waals surface area contributed by atoms with Gasteiger partial charge in [0, 0.05) is 25.3 Å². The molecule has 0 radical (unpaired) electrons. The number of aryl methyl sites for hydroxylation is 2. The molecule has 0 amide bonds. The lowest BCUT2D eigenvalue weighted by Crippen LogP contribution is -2.40. The number of H-pyrrole nitrogens is 1. The van der Waals surface area contributed by atoms with E-state index in [1.807, 2.05) is 20.8 Å². The zero-order valence-corrected chi connectivity index (χ0v) is 12.0. The lowest BCUT2D eigenvalue weighted by Gasteiger charge is -2.18. The van der Waals surface area contributed by atoms with E-state index in [4.69, 9.17) is 0 Å². The van der Waals surface area contributed by atoms with Gasteiger partial charge in [0.15, 0.2) is 0 Å². The first-order valence-corrected chi connectivity index (χ1v) is 7.68. The van der Waals surface area contributed by atoms with E-state index in [2.05, 4.69) is 14.9 Å². The molecule has 1 heterocycles. The Kier molecular flexibility index (Phi) is 5.77. The molecule has 0 unspecified atom stereocenters. The fourth-order valence-corrected chi connectivity index (χ4v) is 3.03. The van der Waals surface area contributed by atoms with Crippen molar-refractivity contribution in [3.8, 4) is 0 Å². The van der Waals surface area contributed by atoms with Crippen molar-refractivity contribution < 1.29 is 8.42 Å². The number of nitrogens with zero attached hydrogens (tertiary/aromatic N) is 2. The number of nitrogens with one attached hydrogen (secondary N) is 2. The third-order valence-electron chi connectivity index (χ3n) is 2.89.